The van der Waals surface area contributed by atoms with E-state index in [0.29, 0.717) is 19.7 Å². The van der Waals surface area contributed by atoms with Gasteiger partial charge < -0.3 is 9.64 Å². The predicted molar refractivity (Wildman–Crippen MR) is 89.0 cm³/mol. The minimum absolute atomic E-state index is 0.0200. The minimum atomic E-state index is -0.0476. The van der Waals surface area contributed by atoms with Crippen LogP contribution in [0.3, 0.4) is 0 Å². The normalized spacial score (nSPS) is 10.3. The molecule has 0 aliphatic carbocycles. The molecule has 0 saturated carbocycles. The summed E-state index contributed by atoms with van der Waals surface area (Å²) in [5.74, 6) is 0.791. The van der Waals surface area contributed by atoms with E-state index in [2.05, 4.69) is 0 Å². The van der Waals surface area contributed by atoms with Gasteiger partial charge in [0.2, 0.25) is 5.91 Å². The number of halogens is 1. The highest BCUT2D eigenvalue weighted by Crippen LogP contribution is 2.15. The molecule has 0 aromatic heterocycles. The molecule has 0 aliphatic rings. The second-order valence-electron chi connectivity index (χ2n) is 4.96. The van der Waals surface area contributed by atoms with Crippen molar-refractivity contribution in [3.05, 3.63) is 65.7 Å². The fraction of sp³-hybridized carbons (Fsp3) is 0.278. The van der Waals surface area contributed by atoms with Crippen LogP contribution in [0.2, 0.25) is 0 Å². The van der Waals surface area contributed by atoms with Gasteiger partial charge >= 0.3 is 0 Å². The van der Waals surface area contributed by atoms with E-state index in [4.69, 9.17) is 16.3 Å². The number of rotatable bonds is 7. The van der Waals surface area contributed by atoms with E-state index in [-0.39, 0.29) is 11.8 Å². The first-order valence-corrected chi connectivity index (χ1v) is 7.85. The fourth-order valence-electron chi connectivity index (χ4n) is 2.11. The average Bonchev–Trinajstić information content (AvgIpc) is 2.59. The Morgan fingerprint density at radius 2 is 1.73 bits per heavy atom. The van der Waals surface area contributed by atoms with Gasteiger partial charge in [0.05, 0.1) is 0 Å². The molecule has 3 nitrogen and oxygen atoms in total. The molecule has 2 rings (SSSR count). The van der Waals surface area contributed by atoms with Crippen molar-refractivity contribution in [3.63, 3.8) is 0 Å². The monoisotopic (exact) mass is 317 g/mol. The lowest BCUT2D eigenvalue weighted by Crippen LogP contribution is -2.31. The lowest BCUT2D eigenvalue weighted by atomic mass is 10.2. The topological polar surface area (TPSA) is 29.5 Å². The molecule has 4 heteroatoms. The lowest BCUT2D eigenvalue weighted by Gasteiger charge is -2.20. The van der Waals surface area contributed by atoms with Gasteiger partial charge in [-0.05, 0) is 30.2 Å². The molecule has 0 unspecified atom stereocenters. The van der Waals surface area contributed by atoms with Crippen LogP contribution in [0.25, 0.3) is 0 Å². The third-order valence-electron chi connectivity index (χ3n) is 3.39. The van der Waals surface area contributed by atoms with Gasteiger partial charge in [0.15, 0.2) is 0 Å². The first kappa shape index (κ1) is 16.4. The van der Waals surface area contributed by atoms with E-state index in [1.807, 2.05) is 61.5 Å². The Morgan fingerprint density at radius 1 is 1.05 bits per heavy atom. The zero-order chi connectivity index (χ0) is 15.8. The van der Waals surface area contributed by atoms with Crippen molar-refractivity contribution >= 4 is 17.5 Å². The number of hydrogen-bond donors (Lipinski definition) is 0. The van der Waals surface area contributed by atoms with E-state index >= 15 is 0 Å². The van der Waals surface area contributed by atoms with Crippen LogP contribution in [-0.2, 0) is 17.9 Å². The van der Waals surface area contributed by atoms with Gasteiger partial charge in [0.1, 0.15) is 18.2 Å². The van der Waals surface area contributed by atoms with Crippen LogP contribution in [0.4, 0.5) is 0 Å². The van der Waals surface area contributed by atoms with Crippen molar-refractivity contribution in [1.29, 1.82) is 0 Å². The maximum atomic E-state index is 11.6. The number of ether oxygens (including phenoxy) is 1. The van der Waals surface area contributed by atoms with Crippen molar-refractivity contribution in [3.8, 4) is 5.75 Å². The smallest absolute Gasteiger partial charge is 0.237 e. The molecule has 0 saturated heterocycles. The second kappa shape index (κ2) is 8.44. The molecule has 0 radical (unpaired) electrons. The molecule has 0 spiro atoms. The lowest BCUT2D eigenvalue weighted by molar-refractivity contribution is -0.128. The Hall–Kier alpha value is -2.00. The highest BCUT2D eigenvalue weighted by Gasteiger charge is 2.10. The summed E-state index contributed by atoms with van der Waals surface area (Å²) in [5.41, 5.74) is 2.20. The number of amides is 1. The van der Waals surface area contributed by atoms with Crippen LogP contribution >= 0.6 is 11.6 Å². The molecule has 0 heterocycles. The van der Waals surface area contributed by atoms with Crippen molar-refractivity contribution < 1.29 is 9.53 Å². The van der Waals surface area contributed by atoms with Gasteiger partial charge in [-0.25, -0.2) is 0 Å². The molecule has 22 heavy (non-hydrogen) atoms. The van der Waals surface area contributed by atoms with E-state index in [9.17, 15) is 4.79 Å². The van der Waals surface area contributed by atoms with Crippen molar-refractivity contribution in [1.82, 2.24) is 4.90 Å². The maximum absolute atomic E-state index is 11.6. The molecule has 0 aliphatic heterocycles. The Kier molecular flexibility index (Phi) is 6.28. The number of benzene rings is 2. The third-order valence-corrected chi connectivity index (χ3v) is 3.62. The fourth-order valence-corrected chi connectivity index (χ4v) is 2.28. The number of hydrogen-bond acceptors (Lipinski definition) is 2. The quantitative estimate of drug-likeness (QED) is 0.726. The number of carbonyl (C=O) groups is 1. The van der Waals surface area contributed by atoms with Crippen molar-refractivity contribution in [2.24, 2.45) is 0 Å². The average molecular weight is 318 g/mol. The zero-order valence-corrected chi connectivity index (χ0v) is 13.4. The number of nitrogens with zero attached hydrogens (tertiary/aromatic N) is 1. The van der Waals surface area contributed by atoms with Crippen molar-refractivity contribution in [2.75, 3.05) is 12.4 Å². The van der Waals surface area contributed by atoms with Gasteiger partial charge in [-0.15, -0.1) is 11.6 Å². The highest BCUT2D eigenvalue weighted by molar-refractivity contribution is 6.27. The van der Waals surface area contributed by atoms with Crippen LogP contribution in [0.15, 0.2) is 54.6 Å². The summed E-state index contributed by atoms with van der Waals surface area (Å²) in [5, 5.41) is 0. The molecular weight excluding hydrogens is 298 g/mol. The standard InChI is InChI=1S/C18H20ClNO2/c1-2-20(18(21)12-19)13-15-8-10-17(11-9-15)22-14-16-6-4-3-5-7-16/h3-11H,2,12-14H2,1H3. The van der Waals surface area contributed by atoms with Crippen LogP contribution in [0, 0.1) is 0 Å². The summed E-state index contributed by atoms with van der Waals surface area (Å²) in [6.07, 6.45) is 0. The summed E-state index contributed by atoms with van der Waals surface area (Å²) in [6.45, 7) is 3.71. The molecule has 2 aromatic carbocycles. The van der Waals surface area contributed by atoms with E-state index in [1.165, 1.54) is 0 Å². The maximum Gasteiger partial charge on any atom is 0.237 e. The van der Waals surface area contributed by atoms with Gasteiger partial charge in [0, 0.05) is 13.1 Å². The molecule has 1 amide bonds. The molecule has 0 bridgehead atoms. The molecular formula is C18H20ClNO2. The highest BCUT2D eigenvalue weighted by atomic mass is 35.5. The van der Waals surface area contributed by atoms with Gasteiger partial charge in [-0.3, -0.25) is 4.79 Å². The molecule has 0 N–H and O–H groups in total. The second-order valence-corrected chi connectivity index (χ2v) is 5.23. The van der Waals surface area contributed by atoms with E-state index in [0.717, 1.165) is 16.9 Å². The van der Waals surface area contributed by atoms with E-state index < -0.39 is 0 Å². The van der Waals surface area contributed by atoms with Crippen LogP contribution < -0.4 is 4.74 Å². The van der Waals surface area contributed by atoms with Gasteiger partial charge in [-0.2, -0.15) is 0 Å². The SMILES string of the molecule is CCN(Cc1ccc(OCc2ccccc2)cc1)C(=O)CCl. The number of alkyl halides is 1. The summed E-state index contributed by atoms with van der Waals surface area (Å²) in [6, 6.07) is 17.9. The summed E-state index contributed by atoms with van der Waals surface area (Å²) >= 11 is 5.61. The largest absolute Gasteiger partial charge is 0.489 e. The minimum Gasteiger partial charge on any atom is -0.489 e. The van der Waals surface area contributed by atoms with Gasteiger partial charge in [0.25, 0.3) is 0 Å². The van der Waals surface area contributed by atoms with E-state index in [1.54, 1.807) is 4.90 Å². The number of carbonyl (C=O) groups excluding carboxylic acids is 1. The summed E-state index contributed by atoms with van der Waals surface area (Å²) in [4.78, 5) is 13.4. The molecule has 0 atom stereocenters. The third kappa shape index (κ3) is 4.78. The molecule has 0 fully saturated rings. The molecule has 2 aromatic rings. The Bertz CT molecular complexity index is 584. The Labute approximate surface area is 136 Å². The predicted octanol–water partition coefficient (Wildman–Crippen LogP) is 3.85. The molecule has 116 valence electrons. The Morgan fingerprint density at radius 3 is 2.32 bits per heavy atom. The summed E-state index contributed by atoms with van der Waals surface area (Å²) < 4.78 is 5.75. The Balaban J connectivity index is 1.91. The first-order chi connectivity index (χ1) is 10.7. The van der Waals surface area contributed by atoms with Gasteiger partial charge in [-0.1, -0.05) is 42.5 Å². The van der Waals surface area contributed by atoms with Crippen LogP contribution in [-0.4, -0.2) is 23.2 Å². The van der Waals surface area contributed by atoms with Crippen molar-refractivity contribution in [2.45, 2.75) is 20.1 Å². The van der Waals surface area contributed by atoms with Crippen LogP contribution in [0.5, 0.6) is 5.75 Å². The zero-order valence-electron chi connectivity index (χ0n) is 12.7. The van der Waals surface area contributed by atoms with Crippen LogP contribution in [0.1, 0.15) is 18.1 Å². The first-order valence-electron chi connectivity index (χ1n) is 7.32. The summed E-state index contributed by atoms with van der Waals surface area (Å²) in [7, 11) is 0.